The van der Waals surface area contributed by atoms with Gasteiger partial charge in [0.25, 0.3) is 0 Å². The molecule has 442 valence electrons. The molecule has 3 unspecified atom stereocenters. The van der Waals surface area contributed by atoms with Crippen LogP contribution in [0.3, 0.4) is 0 Å². The van der Waals surface area contributed by atoms with Crippen molar-refractivity contribution in [2.75, 3.05) is 40.9 Å². The van der Waals surface area contributed by atoms with Crippen LogP contribution in [0.5, 0.6) is 0 Å². The zero-order chi connectivity index (χ0) is 55.6. The van der Waals surface area contributed by atoms with E-state index in [1.807, 2.05) is 27.2 Å². The Morgan fingerprint density at radius 3 is 1.21 bits per heavy atom. The van der Waals surface area contributed by atoms with E-state index in [1.54, 1.807) is 6.08 Å². The number of rotatable bonds is 58. The van der Waals surface area contributed by atoms with E-state index in [4.69, 9.17) is 9.05 Å². The lowest BCUT2D eigenvalue weighted by atomic mass is 10.0. The van der Waals surface area contributed by atoms with Crippen LogP contribution in [-0.2, 0) is 18.4 Å². The van der Waals surface area contributed by atoms with E-state index in [1.165, 1.54) is 193 Å². The first-order valence-corrected chi connectivity index (χ1v) is 33.5. The summed E-state index contributed by atoms with van der Waals surface area (Å²) in [4.78, 5) is 23.4. The van der Waals surface area contributed by atoms with Crippen LogP contribution in [0.4, 0.5) is 0 Å². The number of hydrogen-bond acceptors (Lipinski definition) is 5. The molecule has 9 heteroatoms. The topological polar surface area (TPSA) is 105 Å². The largest absolute Gasteiger partial charge is 0.472 e. The standard InChI is InChI=1S/C67H123N2O6P/c1-6-8-10-12-14-16-18-20-22-24-26-28-30-32-33-34-35-37-38-40-42-44-46-48-50-52-54-56-58-60-66(70)65(64-75-76(72,73)74-63-62-69(3,4)5)68-67(71)61-59-57-55-53-51-49-47-45-43-41-39-36-31-29-27-25-23-21-19-17-15-13-11-9-7-2/h9,11,15,17,21,23,27,29,42,44,50,52,58,60,65-66,70H,6-8,10,12-14,16,18-20,22,24-26,28,30-41,43,45-49,51,53-57,59,61-64H2,1-5H3,(H-,68,71,72,73)/p+1/b11-9-,17-15-,23-21-,29-27-,44-42+,52-50+,60-58+. The minimum Gasteiger partial charge on any atom is -0.387 e. The predicted octanol–water partition coefficient (Wildman–Crippen LogP) is 20.0. The van der Waals surface area contributed by atoms with Gasteiger partial charge < -0.3 is 19.8 Å². The van der Waals surface area contributed by atoms with E-state index in [0.717, 1.165) is 70.6 Å². The van der Waals surface area contributed by atoms with Gasteiger partial charge in [0.1, 0.15) is 13.2 Å². The second-order valence-electron chi connectivity index (χ2n) is 22.7. The monoisotopic (exact) mass is 1080 g/mol. The van der Waals surface area contributed by atoms with Crippen LogP contribution in [0.1, 0.15) is 284 Å². The van der Waals surface area contributed by atoms with E-state index in [0.29, 0.717) is 17.4 Å². The smallest absolute Gasteiger partial charge is 0.387 e. The number of unbranched alkanes of at least 4 members (excludes halogenated alkanes) is 33. The molecular weight excluding hydrogens is 960 g/mol. The molecule has 3 atom stereocenters. The van der Waals surface area contributed by atoms with Gasteiger partial charge in [-0.1, -0.05) is 279 Å². The molecule has 0 aliphatic rings. The zero-order valence-corrected chi connectivity index (χ0v) is 51.4. The molecule has 0 radical (unpaired) electrons. The van der Waals surface area contributed by atoms with E-state index < -0.39 is 20.0 Å². The van der Waals surface area contributed by atoms with Crippen LogP contribution in [0.2, 0.25) is 0 Å². The average molecular weight is 1080 g/mol. The quantitative estimate of drug-likeness (QED) is 0.0243. The van der Waals surface area contributed by atoms with Gasteiger partial charge in [0, 0.05) is 6.42 Å². The van der Waals surface area contributed by atoms with Gasteiger partial charge in [0.2, 0.25) is 5.91 Å². The van der Waals surface area contributed by atoms with Crippen LogP contribution < -0.4 is 5.32 Å². The summed E-state index contributed by atoms with van der Waals surface area (Å²) in [6.07, 6.45) is 81.4. The number of likely N-dealkylation sites (N-methyl/N-ethyl adjacent to an activating group) is 1. The van der Waals surface area contributed by atoms with Gasteiger partial charge in [0.15, 0.2) is 0 Å². The number of allylic oxidation sites excluding steroid dienone is 13. The van der Waals surface area contributed by atoms with Gasteiger partial charge in [-0.25, -0.2) is 4.57 Å². The number of carbonyl (C=O) groups is 1. The molecule has 0 saturated carbocycles. The van der Waals surface area contributed by atoms with E-state index in [2.05, 4.69) is 92.1 Å². The Hall–Kier alpha value is -2.32. The molecule has 0 saturated heterocycles. The number of phosphoric ester groups is 1. The minimum absolute atomic E-state index is 0.0500. The highest BCUT2D eigenvalue weighted by atomic mass is 31.2. The van der Waals surface area contributed by atoms with Gasteiger partial charge >= 0.3 is 7.82 Å². The number of aliphatic hydroxyl groups is 1. The molecule has 8 nitrogen and oxygen atoms in total. The molecule has 0 aliphatic heterocycles. The molecule has 76 heavy (non-hydrogen) atoms. The van der Waals surface area contributed by atoms with Crippen molar-refractivity contribution in [1.29, 1.82) is 0 Å². The summed E-state index contributed by atoms with van der Waals surface area (Å²) in [5.74, 6) is -0.194. The molecule has 0 heterocycles. The first-order valence-electron chi connectivity index (χ1n) is 32.0. The Balaban J connectivity index is 4.22. The zero-order valence-electron chi connectivity index (χ0n) is 50.5. The van der Waals surface area contributed by atoms with Crippen molar-refractivity contribution < 1.29 is 32.9 Å². The summed E-state index contributed by atoms with van der Waals surface area (Å²) in [6.45, 7) is 4.70. The van der Waals surface area contributed by atoms with Gasteiger partial charge in [0.05, 0.1) is 39.9 Å². The molecule has 0 aromatic carbocycles. The maximum absolute atomic E-state index is 13.0. The van der Waals surface area contributed by atoms with Crippen LogP contribution in [-0.4, -0.2) is 73.4 Å². The summed E-state index contributed by atoms with van der Waals surface area (Å²) >= 11 is 0. The van der Waals surface area contributed by atoms with Crippen LogP contribution in [0, 0.1) is 0 Å². The summed E-state index contributed by atoms with van der Waals surface area (Å²) in [5.41, 5.74) is 0. The number of nitrogens with one attached hydrogen (secondary N) is 1. The summed E-state index contributed by atoms with van der Waals surface area (Å²) < 4.78 is 23.7. The van der Waals surface area contributed by atoms with Crippen LogP contribution in [0.15, 0.2) is 85.1 Å². The Morgan fingerprint density at radius 2 is 0.803 bits per heavy atom. The summed E-state index contributed by atoms with van der Waals surface area (Å²) in [5, 5.41) is 14.0. The molecule has 0 bridgehead atoms. The molecular formula is C67H124N2O6P+. The van der Waals surface area contributed by atoms with Gasteiger partial charge in [-0.05, 0) is 83.5 Å². The highest BCUT2D eigenvalue weighted by Gasteiger charge is 2.27. The SMILES string of the molecule is CC/C=C\C/C=C\C/C=C\C/C=C\CCCCCCCCCCCCCCC(=O)NC(COP(=O)(O)OCC[N+](C)(C)C)C(O)/C=C/CC/C=C/CC/C=C/CCCCCCCCCCCCCCCCCCCCC. The normalized spacial score (nSPS) is 14.4. The van der Waals surface area contributed by atoms with Crippen LogP contribution in [0.25, 0.3) is 0 Å². The second kappa shape index (κ2) is 57.4. The van der Waals surface area contributed by atoms with Crippen molar-refractivity contribution in [2.45, 2.75) is 296 Å². The number of phosphoric acid groups is 1. The Kier molecular flexibility index (Phi) is 55.6. The fraction of sp³-hybridized carbons (Fsp3) is 0.776. The fourth-order valence-electron chi connectivity index (χ4n) is 9.13. The molecule has 0 aliphatic carbocycles. The van der Waals surface area contributed by atoms with Crippen molar-refractivity contribution in [1.82, 2.24) is 5.32 Å². The van der Waals surface area contributed by atoms with Crippen LogP contribution >= 0.6 is 7.82 Å². The maximum atomic E-state index is 13.0. The number of amides is 1. The number of quaternary nitrogens is 1. The van der Waals surface area contributed by atoms with Crippen molar-refractivity contribution >= 4 is 13.7 Å². The number of carbonyl (C=O) groups excluding carboxylic acids is 1. The Bertz CT molecular complexity index is 1510. The first-order chi connectivity index (χ1) is 37.0. The third-order valence-corrected chi connectivity index (χ3v) is 15.1. The minimum atomic E-state index is -4.37. The third kappa shape index (κ3) is 59.3. The highest BCUT2D eigenvalue weighted by molar-refractivity contribution is 7.47. The summed E-state index contributed by atoms with van der Waals surface area (Å²) in [7, 11) is 1.54. The summed E-state index contributed by atoms with van der Waals surface area (Å²) in [6, 6.07) is -0.877. The van der Waals surface area contributed by atoms with E-state index in [-0.39, 0.29) is 19.1 Å². The van der Waals surface area contributed by atoms with Crippen molar-refractivity contribution in [2.24, 2.45) is 0 Å². The molecule has 0 aromatic rings. The average Bonchev–Trinajstić information content (AvgIpc) is 3.38. The van der Waals surface area contributed by atoms with Crippen molar-refractivity contribution in [3.8, 4) is 0 Å². The lowest BCUT2D eigenvalue weighted by Gasteiger charge is -2.25. The van der Waals surface area contributed by atoms with Gasteiger partial charge in [-0.3, -0.25) is 13.8 Å². The Morgan fingerprint density at radius 1 is 0.461 bits per heavy atom. The van der Waals surface area contributed by atoms with Gasteiger partial charge in [-0.2, -0.15) is 0 Å². The first kappa shape index (κ1) is 73.7. The maximum Gasteiger partial charge on any atom is 0.472 e. The molecule has 0 spiro atoms. The number of aliphatic hydroxyl groups excluding tert-OH is 1. The second-order valence-corrected chi connectivity index (χ2v) is 24.2. The lowest BCUT2D eigenvalue weighted by molar-refractivity contribution is -0.870. The third-order valence-electron chi connectivity index (χ3n) is 14.1. The lowest BCUT2D eigenvalue weighted by Crippen LogP contribution is -2.45. The highest BCUT2D eigenvalue weighted by Crippen LogP contribution is 2.43. The fourth-order valence-corrected chi connectivity index (χ4v) is 9.86. The molecule has 3 N–H and O–H groups in total. The van der Waals surface area contributed by atoms with Gasteiger partial charge in [-0.15, -0.1) is 0 Å². The Labute approximate surface area is 471 Å². The van der Waals surface area contributed by atoms with Crippen molar-refractivity contribution in [3.05, 3.63) is 85.1 Å². The molecule has 0 fully saturated rings. The molecule has 0 aromatic heterocycles. The number of hydrogen-bond donors (Lipinski definition) is 3. The number of nitrogens with zero attached hydrogens (tertiary/aromatic N) is 1. The molecule has 0 rings (SSSR count). The molecule has 1 amide bonds. The van der Waals surface area contributed by atoms with Crippen molar-refractivity contribution in [3.63, 3.8) is 0 Å². The van der Waals surface area contributed by atoms with E-state index in [9.17, 15) is 19.4 Å². The van der Waals surface area contributed by atoms with E-state index >= 15 is 0 Å². The predicted molar refractivity (Wildman–Crippen MR) is 332 cm³/mol.